The number of likely N-dealkylation sites (tertiary alicyclic amines) is 1. The summed E-state index contributed by atoms with van der Waals surface area (Å²) < 4.78 is 0. The molecule has 1 fully saturated rings. The highest BCUT2D eigenvalue weighted by atomic mass is 16.1. The second-order valence-corrected chi connectivity index (χ2v) is 5.60. The van der Waals surface area contributed by atoms with Crippen molar-refractivity contribution in [3.63, 3.8) is 0 Å². The van der Waals surface area contributed by atoms with Crippen LogP contribution >= 0.6 is 0 Å². The van der Waals surface area contributed by atoms with Gasteiger partial charge in [-0.2, -0.15) is 0 Å². The van der Waals surface area contributed by atoms with Crippen molar-refractivity contribution in [2.24, 2.45) is 0 Å². The SMILES string of the molecule is CCN1CC(NC(C)=O)CC(c2cccc(C)c2)C1. The molecule has 2 unspecified atom stereocenters. The average Bonchev–Trinajstić information content (AvgIpc) is 2.37. The number of likely N-dealkylation sites (N-methyl/N-ethyl adjacent to an activating group) is 1. The van der Waals surface area contributed by atoms with Gasteiger partial charge < -0.3 is 10.2 Å². The lowest BCUT2D eigenvalue weighted by molar-refractivity contribution is -0.120. The summed E-state index contributed by atoms with van der Waals surface area (Å²) in [6.07, 6.45) is 1.04. The molecule has 1 amide bonds. The highest BCUT2D eigenvalue weighted by molar-refractivity contribution is 5.73. The zero-order valence-corrected chi connectivity index (χ0v) is 12.1. The summed E-state index contributed by atoms with van der Waals surface area (Å²) in [5.74, 6) is 0.594. The van der Waals surface area contributed by atoms with Gasteiger partial charge in [0.2, 0.25) is 5.91 Å². The number of hydrogen-bond acceptors (Lipinski definition) is 2. The first kappa shape index (κ1) is 14.1. The van der Waals surface area contributed by atoms with Crippen LogP contribution in [-0.4, -0.2) is 36.5 Å². The van der Waals surface area contributed by atoms with Crippen LogP contribution in [0.25, 0.3) is 0 Å². The molecule has 1 aromatic rings. The number of nitrogens with zero attached hydrogens (tertiary/aromatic N) is 1. The molecule has 2 rings (SSSR count). The van der Waals surface area contributed by atoms with E-state index in [4.69, 9.17) is 0 Å². The van der Waals surface area contributed by atoms with Crippen LogP contribution in [0.15, 0.2) is 24.3 Å². The molecule has 3 heteroatoms. The van der Waals surface area contributed by atoms with Crippen molar-refractivity contribution in [1.82, 2.24) is 10.2 Å². The summed E-state index contributed by atoms with van der Waals surface area (Å²) >= 11 is 0. The van der Waals surface area contributed by atoms with E-state index in [-0.39, 0.29) is 11.9 Å². The van der Waals surface area contributed by atoms with Crippen LogP contribution in [0.5, 0.6) is 0 Å². The molecule has 1 aliphatic heterocycles. The fraction of sp³-hybridized carbons (Fsp3) is 0.562. The molecule has 0 saturated carbocycles. The number of nitrogens with one attached hydrogen (secondary N) is 1. The maximum absolute atomic E-state index is 11.3. The van der Waals surface area contributed by atoms with Gasteiger partial charge in [-0.05, 0) is 31.4 Å². The normalized spacial score (nSPS) is 24.2. The van der Waals surface area contributed by atoms with Gasteiger partial charge in [0, 0.05) is 26.1 Å². The van der Waals surface area contributed by atoms with Gasteiger partial charge in [-0.3, -0.25) is 4.79 Å². The molecule has 1 heterocycles. The van der Waals surface area contributed by atoms with Crippen LogP contribution in [0.3, 0.4) is 0 Å². The van der Waals surface area contributed by atoms with Gasteiger partial charge in [-0.25, -0.2) is 0 Å². The zero-order valence-electron chi connectivity index (χ0n) is 12.1. The minimum Gasteiger partial charge on any atom is -0.352 e. The second-order valence-electron chi connectivity index (χ2n) is 5.60. The van der Waals surface area contributed by atoms with Crippen molar-refractivity contribution in [1.29, 1.82) is 0 Å². The van der Waals surface area contributed by atoms with Gasteiger partial charge in [0.1, 0.15) is 0 Å². The van der Waals surface area contributed by atoms with Crippen LogP contribution in [-0.2, 0) is 4.79 Å². The Bertz CT molecular complexity index is 444. The van der Waals surface area contributed by atoms with E-state index in [0.29, 0.717) is 5.92 Å². The Labute approximate surface area is 116 Å². The monoisotopic (exact) mass is 260 g/mol. The molecular formula is C16H24N2O. The maximum Gasteiger partial charge on any atom is 0.217 e. The molecule has 1 N–H and O–H groups in total. The lowest BCUT2D eigenvalue weighted by Gasteiger charge is -2.37. The van der Waals surface area contributed by atoms with Crippen LogP contribution in [0.4, 0.5) is 0 Å². The average molecular weight is 260 g/mol. The lowest BCUT2D eigenvalue weighted by atomic mass is 9.87. The predicted octanol–water partition coefficient (Wildman–Crippen LogP) is 2.31. The third-order valence-corrected chi connectivity index (χ3v) is 3.89. The molecule has 1 aromatic carbocycles. The number of hydrogen-bond donors (Lipinski definition) is 1. The lowest BCUT2D eigenvalue weighted by Crippen LogP contribution is -2.49. The van der Waals surface area contributed by atoms with E-state index in [1.165, 1.54) is 11.1 Å². The summed E-state index contributed by atoms with van der Waals surface area (Å²) in [4.78, 5) is 13.7. The van der Waals surface area contributed by atoms with Gasteiger partial charge in [0.15, 0.2) is 0 Å². The summed E-state index contributed by atoms with van der Waals surface area (Å²) in [6.45, 7) is 9.03. The molecule has 104 valence electrons. The van der Waals surface area contributed by atoms with E-state index in [9.17, 15) is 4.79 Å². The van der Waals surface area contributed by atoms with Crippen molar-refractivity contribution < 1.29 is 4.79 Å². The summed E-state index contributed by atoms with van der Waals surface area (Å²) in [6, 6.07) is 9.02. The standard InChI is InChI=1S/C16H24N2O/c1-4-18-10-15(9-16(11-18)17-13(3)19)14-7-5-6-12(2)8-14/h5-8,15-16H,4,9-11H2,1-3H3,(H,17,19). The number of carbonyl (C=O) groups is 1. The second kappa shape index (κ2) is 6.20. The van der Waals surface area contributed by atoms with E-state index >= 15 is 0 Å². The number of carbonyl (C=O) groups excluding carboxylic acids is 1. The first-order chi connectivity index (χ1) is 9.08. The number of amides is 1. The van der Waals surface area contributed by atoms with Crippen molar-refractivity contribution in [2.45, 2.75) is 39.2 Å². The fourth-order valence-corrected chi connectivity index (χ4v) is 3.01. The summed E-state index contributed by atoms with van der Waals surface area (Å²) in [7, 11) is 0. The third-order valence-electron chi connectivity index (χ3n) is 3.89. The molecule has 0 radical (unpaired) electrons. The highest BCUT2D eigenvalue weighted by Crippen LogP contribution is 2.27. The number of benzene rings is 1. The zero-order chi connectivity index (χ0) is 13.8. The molecule has 0 bridgehead atoms. The first-order valence-electron chi connectivity index (χ1n) is 7.14. The molecule has 1 saturated heterocycles. The minimum absolute atomic E-state index is 0.0749. The molecule has 19 heavy (non-hydrogen) atoms. The van der Waals surface area contributed by atoms with Gasteiger partial charge in [-0.1, -0.05) is 36.8 Å². The van der Waals surface area contributed by atoms with E-state index < -0.39 is 0 Å². The van der Waals surface area contributed by atoms with Crippen LogP contribution in [0.2, 0.25) is 0 Å². The maximum atomic E-state index is 11.3. The van der Waals surface area contributed by atoms with E-state index in [1.807, 2.05) is 0 Å². The quantitative estimate of drug-likeness (QED) is 0.904. The fourth-order valence-electron chi connectivity index (χ4n) is 3.01. The molecule has 1 aliphatic rings. The Morgan fingerprint density at radius 2 is 2.21 bits per heavy atom. The summed E-state index contributed by atoms with van der Waals surface area (Å²) in [5.41, 5.74) is 2.70. The van der Waals surface area contributed by atoms with Crippen molar-refractivity contribution in [2.75, 3.05) is 19.6 Å². The van der Waals surface area contributed by atoms with E-state index in [0.717, 1.165) is 26.1 Å². The molecule has 3 nitrogen and oxygen atoms in total. The topological polar surface area (TPSA) is 32.3 Å². The number of piperidine rings is 1. The van der Waals surface area contributed by atoms with Crippen molar-refractivity contribution >= 4 is 5.91 Å². The Balaban J connectivity index is 2.13. The first-order valence-corrected chi connectivity index (χ1v) is 7.14. The minimum atomic E-state index is 0.0749. The Hall–Kier alpha value is -1.35. The molecule has 0 aromatic heterocycles. The highest BCUT2D eigenvalue weighted by Gasteiger charge is 2.27. The van der Waals surface area contributed by atoms with Gasteiger partial charge in [0.05, 0.1) is 0 Å². The number of aryl methyl sites for hydroxylation is 1. The Morgan fingerprint density at radius 1 is 1.42 bits per heavy atom. The van der Waals surface area contributed by atoms with Gasteiger partial charge in [-0.15, -0.1) is 0 Å². The van der Waals surface area contributed by atoms with Gasteiger partial charge in [0.25, 0.3) is 0 Å². The Morgan fingerprint density at radius 3 is 2.84 bits per heavy atom. The van der Waals surface area contributed by atoms with Gasteiger partial charge >= 0.3 is 0 Å². The molecule has 0 spiro atoms. The molecular weight excluding hydrogens is 236 g/mol. The largest absolute Gasteiger partial charge is 0.352 e. The predicted molar refractivity (Wildman–Crippen MR) is 78.3 cm³/mol. The third kappa shape index (κ3) is 3.80. The smallest absolute Gasteiger partial charge is 0.217 e. The van der Waals surface area contributed by atoms with E-state index in [2.05, 4.69) is 48.3 Å². The summed E-state index contributed by atoms with van der Waals surface area (Å²) in [5, 5.41) is 3.08. The number of rotatable bonds is 3. The van der Waals surface area contributed by atoms with Crippen LogP contribution in [0.1, 0.15) is 37.3 Å². The van der Waals surface area contributed by atoms with Crippen molar-refractivity contribution in [3.8, 4) is 0 Å². The van der Waals surface area contributed by atoms with Crippen molar-refractivity contribution in [3.05, 3.63) is 35.4 Å². The van der Waals surface area contributed by atoms with Crippen LogP contribution < -0.4 is 5.32 Å². The molecule has 2 atom stereocenters. The van der Waals surface area contributed by atoms with E-state index in [1.54, 1.807) is 6.92 Å². The van der Waals surface area contributed by atoms with Crippen LogP contribution in [0, 0.1) is 6.92 Å². The molecule has 0 aliphatic carbocycles. The Kier molecular flexibility index (Phi) is 4.59.